The minimum absolute atomic E-state index is 0.00929. The molecule has 20 heavy (non-hydrogen) atoms. The maximum atomic E-state index is 11.6. The molecular weight excluding hydrogens is 329 g/mol. The van der Waals surface area contributed by atoms with E-state index in [0.717, 1.165) is 6.26 Å². The molecule has 112 valence electrons. The first-order valence-electron chi connectivity index (χ1n) is 5.48. The first-order chi connectivity index (χ1) is 9.26. The SMILES string of the molecule is CCOC(=O)c1ccc(Cl)c(OCNS(C)(=O)=O)c1Cl. The quantitative estimate of drug-likeness (QED) is 0.632. The van der Waals surface area contributed by atoms with Gasteiger partial charge >= 0.3 is 5.97 Å². The van der Waals surface area contributed by atoms with Crippen LogP contribution in [0.3, 0.4) is 0 Å². The van der Waals surface area contributed by atoms with Crippen molar-refractivity contribution >= 4 is 39.2 Å². The first kappa shape index (κ1) is 17.0. The molecule has 1 rings (SSSR count). The van der Waals surface area contributed by atoms with Gasteiger partial charge in [-0.2, -0.15) is 4.72 Å². The van der Waals surface area contributed by atoms with E-state index in [4.69, 9.17) is 32.7 Å². The molecule has 0 amide bonds. The first-order valence-corrected chi connectivity index (χ1v) is 8.13. The average molecular weight is 342 g/mol. The summed E-state index contributed by atoms with van der Waals surface area (Å²) in [6, 6.07) is 2.81. The molecule has 0 heterocycles. The maximum absolute atomic E-state index is 11.6. The highest BCUT2D eigenvalue weighted by Crippen LogP contribution is 2.35. The lowest BCUT2D eigenvalue weighted by molar-refractivity contribution is 0.0526. The normalized spacial score (nSPS) is 11.2. The zero-order valence-electron chi connectivity index (χ0n) is 10.8. The van der Waals surface area contributed by atoms with Crippen LogP contribution in [-0.2, 0) is 14.8 Å². The fourth-order valence-electron chi connectivity index (χ4n) is 1.24. The number of hydrogen-bond acceptors (Lipinski definition) is 5. The van der Waals surface area contributed by atoms with Crippen molar-refractivity contribution < 1.29 is 22.7 Å². The highest BCUT2D eigenvalue weighted by Gasteiger charge is 2.18. The lowest BCUT2D eigenvalue weighted by Gasteiger charge is -2.12. The molecule has 0 radical (unpaired) electrons. The monoisotopic (exact) mass is 341 g/mol. The van der Waals surface area contributed by atoms with E-state index in [1.165, 1.54) is 12.1 Å². The molecule has 6 nitrogen and oxygen atoms in total. The third-order valence-corrected chi connectivity index (χ3v) is 3.40. The second-order valence-corrected chi connectivity index (χ2v) is 6.28. The Bertz CT molecular complexity index is 603. The van der Waals surface area contributed by atoms with Gasteiger partial charge in [0.1, 0.15) is 0 Å². The summed E-state index contributed by atoms with van der Waals surface area (Å²) in [6.45, 7) is 1.50. The zero-order valence-corrected chi connectivity index (χ0v) is 13.1. The summed E-state index contributed by atoms with van der Waals surface area (Å²) >= 11 is 11.9. The minimum Gasteiger partial charge on any atom is -0.474 e. The van der Waals surface area contributed by atoms with Crippen LogP contribution >= 0.6 is 23.2 Å². The van der Waals surface area contributed by atoms with E-state index in [1.807, 2.05) is 0 Å². The van der Waals surface area contributed by atoms with Gasteiger partial charge in [0.05, 0.1) is 28.5 Å². The van der Waals surface area contributed by atoms with Crippen LogP contribution in [0.2, 0.25) is 10.0 Å². The molecular formula is C11H13Cl2NO5S. The molecule has 0 saturated carbocycles. The molecule has 0 saturated heterocycles. The lowest BCUT2D eigenvalue weighted by atomic mass is 10.2. The number of carbonyl (C=O) groups excluding carboxylic acids is 1. The van der Waals surface area contributed by atoms with Gasteiger partial charge in [0.25, 0.3) is 0 Å². The van der Waals surface area contributed by atoms with E-state index in [1.54, 1.807) is 6.92 Å². The van der Waals surface area contributed by atoms with Gasteiger partial charge in [-0.3, -0.25) is 0 Å². The summed E-state index contributed by atoms with van der Waals surface area (Å²) in [7, 11) is -3.41. The van der Waals surface area contributed by atoms with Crippen LogP contribution in [0.15, 0.2) is 12.1 Å². The van der Waals surface area contributed by atoms with Crippen molar-refractivity contribution in [1.82, 2.24) is 4.72 Å². The van der Waals surface area contributed by atoms with Crippen molar-refractivity contribution in [2.24, 2.45) is 0 Å². The summed E-state index contributed by atoms with van der Waals surface area (Å²) in [6.07, 6.45) is 0.981. The van der Waals surface area contributed by atoms with Crippen LogP contribution in [0, 0.1) is 0 Å². The predicted molar refractivity (Wildman–Crippen MR) is 75.9 cm³/mol. The number of esters is 1. The number of carbonyl (C=O) groups is 1. The molecule has 0 bridgehead atoms. The Hall–Kier alpha value is -1.02. The van der Waals surface area contributed by atoms with Crippen LogP contribution in [0.25, 0.3) is 0 Å². The van der Waals surface area contributed by atoms with Crippen LogP contribution in [0.1, 0.15) is 17.3 Å². The summed E-state index contributed by atoms with van der Waals surface area (Å²) in [5.74, 6) is -0.606. The average Bonchev–Trinajstić information content (AvgIpc) is 2.32. The van der Waals surface area contributed by atoms with Gasteiger partial charge in [-0.15, -0.1) is 0 Å². The molecule has 0 aliphatic carbocycles. The van der Waals surface area contributed by atoms with E-state index in [-0.39, 0.29) is 34.7 Å². The zero-order chi connectivity index (χ0) is 15.3. The van der Waals surface area contributed by atoms with E-state index in [2.05, 4.69) is 4.72 Å². The van der Waals surface area contributed by atoms with Gasteiger partial charge < -0.3 is 9.47 Å². The fraction of sp³-hybridized carbons (Fsp3) is 0.364. The molecule has 9 heteroatoms. The topological polar surface area (TPSA) is 81.7 Å². The molecule has 0 atom stereocenters. The van der Waals surface area contributed by atoms with Crippen LogP contribution in [0.5, 0.6) is 5.75 Å². The van der Waals surface area contributed by atoms with Crippen LogP contribution < -0.4 is 9.46 Å². The largest absolute Gasteiger partial charge is 0.474 e. The third-order valence-electron chi connectivity index (χ3n) is 2.08. The van der Waals surface area contributed by atoms with Gasteiger partial charge in [0.2, 0.25) is 10.0 Å². The molecule has 0 aliphatic rings. The molecule has 0 aliphatic heterocycles. The second-order valence-electron chi connectivity index (χ2n) is 3.66. The molecule has 1 N–H and O–H groups in total. The number of ether oxygens (including phenoxy) is 2. The van der Waals surface area contributed by atoms with Crippen molar-refractivity contribution in [3.8, 4) is 5.75 Å². The van der Waals surface area contributed by atoms with Crippen molar-refractivity contribution in [2.45, 2.75) is 6.92 Å². The van der Waals surface area contributed by atoms with Gasteiger partial charge in [0.15, 0.2) is 12.5 Å². The summed E-state index contributed by atoms with van der Waals surface area (Å²) in [4.78, 5) is 11.6. The highest BCUT2D eigenvalue weighted by atomic mass is 35.5. The van der Waals surface area contributed by atoms with Crippen LogP contribution in [-0.4, -0.2) is 34.0 Å². The van der Waals surface area contributed by atoms with Crippen molar-refractivity contribution in [3.63, 3.8) is 0 Å². The summed E-state index contributed by atoms with van der Waals surface area (Å²) < 4.78 is 33.9. The fourth-order valence-corrected chi connectivity index (χ4v) is 2.07. The lowest BCUT2D eigenvalue weighted by Crippen LogP contribution is -2.26. The molecule has 0 aromatic heterocycles. The van der Waals surface area contributed by atoms with Crippen molar-refractivity contribution in [3.05, 3.63) is 27.7 Å². The Labute approximate surface area is 127 Å². The number of nitrogens with one attached hydrogen (secondary N) is 1. The van der Waals surface area contributed by atoms with Crippen LogP contribution in [0.4, 0.5) is 0 Å². The molecule has 0 fully saturated rings. The highest BCUT2D eigenvalue weighted by molar-refractivity contribution is 7.88. The van der Waals surface area contributed by atoms with Gasteiger partial charge in [-0.1, -0.05) is 23.2 Å². The Morgan fingerprint density at radius 3 is 2.55 bits per heavy atom. The van der Waals surface area contributed by atoms with E-state index in [9.17, 15) is 13.2 Å². The van der Waals surface area contributed by atoms with Gasteiger partial charge in [-0.25, -0.2) is 13.2 Å². The molecule has 0 unspecified atom stereocenters. The number of rotatable bonds is 6. The predicted octanol–water partition coefficient (Wildman–Crippen LogP) is 2.06. The standard InChI is InChI=1S/C11H13Cl2NO5S/c1-3-18-11(15)7-4-5-8(12)10(9(7)13)19-6-14-20(2,16)17/h4-5,14H,3,6H2,1-2H3. The summed E-state index contributed by atoms with van der Waals surface area (Å²) in [5, 5.41) is 0.115. The maximum Gasteiger partial charge on any atom is 0.339 e. The Morgan fingerprint density at radius 2 is 2.00 bits per heavy atom. The smallest absolute Gasteiger partial charge is 0.339 e. The van der Waals surface area contributed by atoms with E-state index >= 15 is 0 Å². The number of sulfonamides is 1. The number of benzene rings is 1. The van der Waals surface area contributed by atoms with Crippen molar-refractivity contribution in [2.75, 3.05) is 19.6 Å². The summed E-state index contributed by atoms with van der Waals surface area (Å²) in [5.41, 5.74) is 0.0901. The van der Waals surface area contributed by atoms with E-state index < -0.39 is 16.0 Å². The Balaban J connectivity index is 2.95. The van der Waals surface area contributed by atoms with Crippen molar-refractivity contribution in [1.29, 1.82) is 0 Å². The molecule has 1 aromatic carbocycles. The number of halogens is 2. The molecule has 0 spiro atoms. The second kappa shape index (κ2) is 7.12. The Morgan fingerprint density at radius 1 is 1.35 bits per heavy atom. The minimum atomic E-state index is -3.41. The van der Waals surface area contributed by atoms with E-state index in [0.29, 0.717) is 0 Å². The third kappa shape index (κ3) is 4.82. The molecule has 1 aromatic rings. The number of hydrogen-bond donors (Lipinski definition) is 1. The van der Waals surface area contributed by atoms with Gasteiger partial charge in [0, 0.05) is 0 Å². The Kier molecular flexibility index (Phi) is 6.07. The van der Waals surface area contributed by atoms with Gasteiger partial charge in [-0.05, 0) is 19.1 Å².